The monoisotopic (exact) mass is 412 g/mol. The van der Waals surface area contributed by atoms with Gasteiger partial charge in [0, 0.05) is 0 Å². The molecule has 4 heteroatoms. The third-order valence-corrected chi connectivity index (χ3v) is 10.1. The van der Waals surface area contributed by atoms with Crippen molar-refractivity contribution in [3.63, 3.8) is 0 Å². The first kappa shape index (κ1) is 21.1. The van der Waals surface area contributed by atoms with Gasteiger partial charge in [-0.25, -0.2) is 0 Å². The summed E-state index contributed by atoms with van der Waals surface area (Å²) in [6.07, 6.45) is 13.9. The molecule has 0 aromatic heterocycles. The van der Waals surface area contributed by atoms with Crippen molar-refractivity contribution in [3.05, 3.63) is 65.8 Å². The van der Waals surface area contributed by atoms with E-state index in [0.717, 1.165) is 0 Å². The van der Waals surface area contributed by atoms with Crippen LogP contribution in [-0.2, 0) is 26.2 Å². The van der Waals surface area contributed by atoms with Crippen LogP contribution in [0.3, 0.4) is 0 Å². The maximum absolute atomic E-state index is 2.52. The summed E-state index contributed by atoms with van der Waals surface area (Å²) in [5.74, 6) is 0. The first-order valence-electron chi connectivity index (χ1n) is 6.69. The van der Waals surface area contributed by atoms with Crippen LogP contribution < -0.4 is 24.8 Å². The normalized spacial score (nSPS) is 20.2. The van der Waals surface area contributed by atoms with Crippen molar-refractivity contribution in [1.82, 2.24) is 0 Å². The van der Waals surface area contributed by atoms with Crippen LogP contribution in [0, 0.1) is 0 Å². The predicted octanol–water partition coefficient (Wildman–Crippen LogP) is -1.06. The minimum atomic E-state index is -1.47. The largest absolute Gasteiger partial charge is 2.00 e. The molecule has 1 atom stereocenters. The number of halogens is 2. The summed E-state index contributed by atoms with van der Waals surface area (Å²) in [6, 6.07) is 8.85. The van der Waals surface area contributed by atoms with Crippen LogP contribution in [0.4, 0.5) is 0 Å². The van der Waals surface area contributed by atoms with Gasteiger partial charge in [0.1, 0.15) is 0 Å². The van der Waals surface area contributed by atoms with E-state index < -0.39 is 8.07 Å². The van der Waals surface area contributed by atoms with E-state index in [4.69, 9.17) is 0 Å². The Kier molecular flexibility index (Phi) is 7.64. The van der Waals surface area contributed by atoms with Crippen LogP contribution >= 0.6 is 0 Å². The molecular formula is C17H20Cl2SiZr. The van der Waals surface area contributed by atoms with Gasteiger partial charge in [-0.1, -0.05) is 80.7 Å². The van der Waals surface area contributed by atoms with Gasteiger partial charge in [-0.3, -0.25) is 0 Å². The van der Waals surface area contributed by atoms with Gasteiger partial charge in [0.2, 0.25) is 0 Å². The van der Waals surface area contributed by atoms with Gasteiger partial charge in [0.05, 0.1) is 8.07 Å². The van der Waals surface area contributed by atoms with Crippen molar-refractivity contribution in [2.75, 3.05) is 0 Å². The van der Waals surface area contributed by atoms with Crippen LogP contribution in [-0.4, -0.2) is 8.07 Å². The fraction of sp³-hybridized carbons (Fsp3) is 0.294. The molecule has 0 spiro atoms. The van der Waals surface area contributed by atoms with Gasteiger partial charge < -0.3 is 24.8 Å². The summed E-state index contributed by atoms with van der Waals surface area (Å²) in [6.45, 7) is 7.43. The zero-order valence-corrected chi connectivity index (χ0v) is 17.6. The van der Waals surface area contributed by atoms with E-state index in [9.17, 15) is 0 Å². The molecule has 0 amide bonds. The zero-order chi connectivity index (χ0) is 12.8. The minimum absolute atomic E-state index is 0. The minimum Gasteiger partial charge on any atom is -1.00 e. The number of hydrogen-bond donors (Lipinski definition) is 0. The van der Waals surface area contributed by atoms with E-state index in [1.807, 2.05) is 0 Å². The van der Waals surface area contributed by atoms with Crippen molar-refractivity contribution >= 4 is 14.1 Å². The molecule has 0 radical (unpaired) electrons. The fourth-order valence-electron chi connectivity index (χ4n) is 3.21. The van der Waals surface area contributed by atoms with Crippen molar-refractivity contribution in [2.24, 2.45) is 0 Å². The predicted molar refractivity (Wildman–Crippen MR) is 82.3 cm³/mol. The molecule has 21 heavy (non-hydrogen) atoms. The summed E-state index contributed by atoms with van der Waals surface area (Å²) in [7, 11) is -1.47. The molecule has 1 aromatic carbocycles. The molecule has 0 bridgehead atoms. The van der Waals surface area contributed by atoms with Gasteiger partial charge in [-0.15, -0.1) is 0 Å². The summed E-state index contributed by atoms with van der Waals surface area (Å²) < 4.78 is 0. The van der Waals surface area contributed by atoms with E-state index in [0.29, 0.717) is 5.54 Å². The standard InChI is InChI=1S/C17H20Si.2ClH.Zr/c1-17(12-6-7-13-17)18(2,3)16-11-10-14-8-4-5-9-15(14)16;;;/h4-13,16H,1-3H3;2*1H;/q;;;+2/p-2. The molecule has 0 heterocycles. The smallest absolute Gasteiger partial charge is 1.00 e. The molecule has 0 nitrogen and oxygen atoms in total. The Morgan fingerprint density at radius 1 is 1.00 bits per heavy atom. The van der Waals surface area contributed by atoms with E-state index in [1.54, 1.807) is 0 Å². The maximum atomic E-state index is 2.52. The molecule has 0 saturated heterocycles. The zero-order valence-electron chi connectivity index (χ0n) is 12.6. The quantitative estimate of drug-likeness (QED) is 0.541. The molecule has 110 valence electrons. The van der Waals surface area contributed by atoms with Crippen LogP contribution in [0.1, 0.15) is 23.6 Å². The summed E-state index contributed by atoms with van der Waals surface area (Å²) in [4.78, 5) is 0. The molecule has 0 N–H and O–H groups in total. The Labute approximate surface area is 160 Å². The molecule has 1 unspecified atom stereocenters. The molecule has 3 rings (SSSR count). The molecule has 2 aliphatic carbocycles. The fourth-order valence-corrected chi connectivity index (χ4v) is 6.55. The number of rotatable bonds is 2. The van der Waals surface area contributed by atoms with E-state index in [2.05, 4.69) is 80.7 Å². The van der Waals surface area contributed by atoms with Crippen LogP contribution in [0.5, 0.6) is 0 Å². The van der Waals surface area contributed by atoms with Gasteiger partial charge in [0.15, 0.2) is 0 Å². The Balaban J connectivity index is 0.00000133. The number of allylic oxidation sites excluding steroid dienone is 5. The van der Waals surface area contributed by atoms with E-state index >= 15 is 0 Å². The third-order valence-electron chi connectivity index (χ3n) is 4.96. The van der Waals surface area contributed by atoms with Crippen molar-refractivity contribution < 1.29 is 51.0 Å². The van der Waals surface area contributed by atoms with Gasteiger partial charge >= 0.3 is 26.2 Å². The average Bonchev–Trinajstić information content (AvgIpc) is 2.96. The molecule has 0 aliphatic heterocycles. The third kappa shape index (κ3) is 3.39. The van der Waals surface area contributed by atoms with Gasteiger partial charge in [0.25, 0.3) is 0 Å². The second kappa shape index (κ2) is 7.59. The molecule has 0 saturated carbocycles. The number of fused-ring (bicyclic) bond motifs is 1. The number of hydrogen-bond acceptors (Lipinski definition) is 0. The van der Waals surface area contributed by atoms with Crippen LogP contribution in [0.25, 0.3) is 6.08 Å². The number of benzene rings is 1. The first-order chi connectivity index (χ1) is 8.55. The van der Waals surface area contributed by atoms with Gasteiger partial charge in [-0.2, -0.15) is 0 Å². The Hall–Kier alpha value is 0.120. The Morgan fingerprint density at radius 3 is 2.19 bits per heavy atom. The Bertz CT molecular complexity index is 564. The second-order valence-corrected chi connectivity index (χ2v) is 11.3. The van der Waals surface area contributed by atoms with Crippen molar-refractivity contribution in [1.29, 1.82) is 0 Å². The summed E-state index contributed by atoms with van der Waals surface area (Å²) in [5.41, 5.74) is 3.58. The second-order valence-electron chi connectivity index (χ2n) is 6.19. The average molecular weight is 415 g/mol. The SMILES string of the molecule is CC1([Si](C)(C)C2C=Cc3ccccc32)C=CC=C1.[Cl-].[Cl-].[Zr+2]. The van der Waals surface area contributed by atoms with Crippen molar-refractivity contribution in [3.8, 4) is 0 Å². The van der Waals surface area contributed by atoms with Crippen molar-refractivity contribution in [2.45, 2.75) is 30.6 Å². The summed E-state index contributed by atoms with van der Waals surface area (Å²) >= 11 is 0. The van der Waals surface area contributed by atoms with Crippen LogP contribution in [0.2, 0.25) is 18.1 Å². The molecular weight excluding hydrogens is 394 g/mol. The maximum Gasteiger partial charge on any atom is 2.00 e. The van der Waals surface area contributed by atoms with Gasteiger partial charge in [-0.05, 0) is 21.7 Å². The van der Waals surface area contributed by atoms with Crippen LogP contribution in [0.15, 0.2) is 54.6 Å². The topological polar surface area (TPSA) is 0 Å². The Morgan fingerprint density at radius 2 is 1.57 bits per heavy atom. The molecule has 2 aliphatic rings. The van der Waals surface area contributed by atoms with E-state index in [-0.39, 0.29) is 56.1 Å². The molecule has 1 aromatic rings. The molecule has 0 fully saturated rings. The van der Waals surface area contributed by atoms with E-state index in [1.165, 1.54) is 11.1 Å². The summed E-state index contributed by atoms with van der Waals surface area (Å²) in [5, 5.41) is 0.277. The first-order valence-corrected chi connectivity index (χ1v) is 9.76.